The summed E-state index contributed by atoms with van der Waals surface area (Å²) in [5, 5.41) is 3.51. The molecule has 0 aromatic rings. The highest BCUT2D eigenvalue weighted by Crippen LogP contribution is 1.89. The van der Waals surface area contributed by atoms with E-state index in [2.05, 4.69) is 9.99 Å². The molecule has 0 bridgehead atoms. The second kappa shape index (κ2) is 5.05. The molecule has 0 aliphatic heterocycles. The highest BCUT2D eigenvalue weighted by atomic mass is 16.6. The van der Waals surface area contributed by atoms with Crippen LogP contribution in [0.4, 0.5) is 0 Å². The van der Waals surface area contributed by atoms with Crippen LogP contribution in [0.15, 0.2) is 5.16 Å². The number of oxime groups is 1. The SMILES string of the molecule is CCOC(C)/C(N)=N/OC. The molecule has 0 rings (SSSR count). The van der Waals surface area contributed by atoms with Crippen molar-refractivity contribution in [1.82, 2.24) is 0 Å². The van der Waals surface area contributed by atoms with E-state index in [0.717, 1.165) is 0 Å². The summed E-state index contributed by atoms with van der Waals surface area (Å²) in [6.07, 6.45) is -0.162. The van der Waals surface area contributed by atoms with Crippen LogP contribution in [-0.4, -0.2) is 25.7 Å². The molecule has 4 nitrogen and oxygen atoms in total. The van der Waals surface area contributed by atoms with Crippen molar-refractivity contribution in [3.63, 3.8) is 0 Å². The summed E-state index contributed by atoms with van der Waals surface area (Å²) in [4.78, 5) is 4.45. The van der Waals surface area contributed by atoms with Crippen LogP contribution >= 0.6 is 0 Å². The minimum absolute atomic E-state index is 0.162. The van der Waals surface area contributed by atoms with Crippen molar-refractivity contribution in [2.24, 2.45) is 10.9 Å². The summed E-state index contributed by atoms with van der Waals surface area (Å²) in [7, 11) is 1.45. The van der Waals surface area contributed by atoms with Gasteiger partial charge in [0, 0.05) is 6.61 Å². The topological polar surface area (TPSA) is 56.8 Å². The average Bonchev–Trinajstić information content (AvgIpc) is 1.89. The van der Waals surface area contributed by atoms with Crippen molar-refractivity contribution in [2.45, 2.75) is 20.0 Å². The van der Waals surface area contributed by atoms with E-state index in [0.29, 0.717) is 12.4 Å². The van der Waals surface area contributed by atoms with E-state index in [9.17, 15) is 0 Å². The molecule has 0 heterocycles. The van der Waals surface area contributed by atoms with Crippen LogP contribution < -0.4 is 5.73 Å². The standard InChI is InChI=1S/C6H14N2O2/c1-4-10-5(2)6(7)8-9-3/h5H,4H2,1-3H3,(H2,7,8). The first-order chi connectivity index (χ1) is 4.72. The molecule has 0 aliphatic carbocycles. The largest absolute Gasteiger partial charge is 0.398 e. The quantitative estimate of drug-likeness (QED) is 0.353. The number of ether oxygens (including phenoxy) is 1. The summed E-state index contributed by atoms with van der Waals surface area (Å²) in [5.74, 6) is 0.365. The number of nitrogens with zero attached hydrogens (tertiary/aromatic N) is 1. The molecule has 4 heteroatoms. The third kappa shape index (κ3) is 3.29. The van der Waals surface area contributed by atoms with Crippen molar-refractivity contribution in [1.29, 1.82) is 0 Å². The van der Waals surface area contributed by atoms with Gasteiger partial charge in [-0.1, -0.05) is 5.16 Å². The number of amidine groups is 1. The molecule has 2 N–H and O–H groups in total. The van der Waals surface area contributed by atoms with E-state index in [1.807, 2.05) is 13.8 Å². The monoisotopic (exact) mass is 146 g/mol. The first-order valence-electron chi connectivity index (χ1n) is 3.20. The van der Waals surface area contributed by atoms with Gasteiger partial charge in [-0.3, -0.25) is 0 Å². The molecule has 0 spiro atoms. The Hall–Kier alpha value is -0.770. The second-order valence-electron chi connectivity index (χ2n) is 1.80. The van der Waals surface area contributed by atoms with Gasteiger partial charge in [-0.25, -0.2) is 0 Å². The molecular formula is C6H14N2O2. The molecule has 0 fully saturated rings. The molecule has 10 heavy (non-hydrogen) atoms. The number of hydrogen-bond acceptors (Lipinski definition) is 3. The Balaban J connectivity index is 3.69. The summed E-state index contributed by atoms with van der Waals surface area (Å²) < 4.78 is 5.12. The second-order valence-corrected chi connectivity index (χ2v) is 1.80. The van der Waals surface area contributed by atoms with E-state index in [-0.39, 0.29) is 6.10 Å². The molecule has 0 aliphatic rings. The van der Waals surface area contributed by atoms with Gasteiger partial charge in [-0.05, 0) is 13.8 Å². The Morgan fingerprint density at radius 3 is 2.70 bits per heavy atom. The first-order valence-corrected chi connectivity index (χ1v) is 3.20. The normalized spacial score (nSPS) is 14.9. The molecule has 1 atom stereocenters. The average molecular weight is 146 g/mol. The van der Waals surface area contributed by atoms with E-state index in [1.54, 1.807) is 0 Å². The Labute approximate surface area is 61.0 Å². The smallest absolute Gasteiger partial charge is 0.168 e. The van der Waals surface area contributed by atoms with Crippen molar-refractivity contribution in [3.05, 3.63) is 0 Å². The predicted molar refractivity (Wildman–Crippen MR) is 39.7 cm³/mol. The lowest BCUT2D eigenvalue weighted by Crippen LogP contribution is -2.28. The fourth-order valence-corrected chi connectivity index (χ4v) is 0.515. The van der Waals surface area contributed by atoms with Crippen LogP contribution in [-0.2, 0) is 9.57 Å². The van der Waals surface area contributed by atoms with Crippen molar-refractivity contribution < 1.29 is 9.57 Å². The van der Waals surface area contributed by atoms with E-state index in [1.165, 1.54) is 7.11 Å². The Bertz CT molecular complexity index is 114. The van der Waals surface area contributed by atoms with Gasteiger partial charge in [0.05, 0.1) is 0 Å². The summed E-state index contributed by atoms with van der Waals surface area (Å²) in [6.45, 7) is 4.35. The zero-order valence-corrected chi connectivity index (χ0v) is 6.63. The molecule has 0 saturated heterocycles. The van der Waals surface area contributed by atoms with Crippen molar-refractivity contribution in [2.75, 3.05) is 13.7 Å². The highest BCUT2D eigenvalue weighted by molar-refractivity contribution is 5.83. The van der Waals surface area contributed by atoms with E-state index in [4.69, 9.17) is 10.5 Å². The molecule has 0 aromatic heterocycles. The van der Waals surface area contributed by atoms with Crippen molar-refractivity contribution in [3.8, 4) is 0 Å². The lowest BCUT2D eigenvalue weighted by Gasteiger charge is -2.08. The minimum Gasteiger partial charge on any atom is -0.398 e. The Kier molecular flexibility index (Phi) is 4.66. The molecular weight excluding hydrogens is 132 g/mol. The summed E-state index contributed by atoms with van der Waals surface area (Å²) in [5.41, 5.74) is 5.41. The molecule has 0 amide bonds. The van der Waals surface area contributed by atoms with E-state index >= 15 is 0 Å². The molecule has 0 aromatic carbocycles. The number of rotatable bonds is 4. The fraction of sp³-hybridized carbons (Fsp3) is 0.833. The maximum absolute atomic E-state index is 5.41. The van der Waals surface area contributed by atoms with Gasteiger partial charge >= 0.3 is 0 Å². The zero-order valence-electron chi connectivity index (χ0n) is 6.63. The van der Waals surface area contributed by atoms with Crippen LogP contribution in [0.2, 0.25) is 0 Å². The van der Waals surface area contributed by atoms with Gasteiger partial charge < -0.3 is 15.3 Å². The molecule has 1 unspecified atom stereocenters. The van der Waals surface area contributed by atoms with Crippen LogP contribution in [0.3, 0.4) is 0 Å². The van der Waals surface area contributed by atoms with Crippen molar-refractivity contribution >= 4 is 5.84 Å². The maximum Gasteiger partial charge on any atom is 0.168 e. The zero-order chi connectivity index (χ0) is 7.98. The van der Waals surface area contributed by atoms with Crippen LogP contribution in [0.5, 0.6) is 0 Å². The summed E-state index contributed by atoms with van der Waals surface area (Å²) >= 11 is 0. The summed E-state index contributed by atoms with van der Waals surface area (Å²) in [6, 6.07) is 0. The molecule has 60 valence electrons. The maximum atomic E-state index is 5.41. The van der Waals surface area contributed by atoms with Gasteiger partial charge in [0.15, 0.2) is 5.84 Å². The van der Waals surface area contributed by atoms with Gasteiger partial charge in [-0.15, -0.1) is 0 Å². The van der Waals surface area contributed by atoms with Gasteiger partial charge in [0.1, 0.15) is 13.2 Å². The third-order valence-corrected chi connectivity index (χ3v) is 1.03. The van der Waals surface area contributed by atoms with E-state index < -0.39 is 0 Å². The van der Waals surface area contributed by atoms with Gasteiger partial charge in [0.25, 0.3) is 0 Å². The van der Waals surface area contributed by atoms with Crippen LogP contribution in [0, 0.1) is 0 Å². The van der Waals surface area contributed by atoms with Crippen LogP contribution in [0.1, 0.15) is 13.8 Å². The third-order valence-electron chi connectivity index (χ3n) is 1.03. The minimum atomic E-state index is -0.162. The van der Waals surface area contributed by atoms with Gasteiger partial charge in [-0.2, -0.15) is 0 Å². The Morgan fingerprint density at radius 1 is 1.70 bits per heavy atom. The fourth-order valence-electron chi connectivity index (χ4n) is 0.515. The predicted octanol–water partition coefficient (Wildman–Crippen LogP) is 0.330. The molecule has 0 radical (unpaired) electrons. The first kappa shape index (κ1) is 9.23. The number of hydrogen-bond donors (Lipinski definition) is 1. The molecule has 0 saturated carbocycles. The lowest BCUT2D eigenvalue weighted by molar-refractivity contribution is 0.115. The highest BCUT2D eigenvalue weighted by Gasteiger charge is 2.05. The lowest BCUT2D eigenvalue weighted by atomic mass is 10.4. The van der Waals surface area contributed by atoms with Crippen LogP contribution in [0.25, 0.3) is 0 Å². The van der Waals surface area contributed by atoms with Gasteiger partial charge in [0.2, 0.25) is 0 Å². The Morgan fingerprint density at radius 2 is 2.30 bits per heavy atom. The number of nitrogens with two attached hydrogens (primary N) is 1.